The van der Waals surface area contributed by atoms with Crippen molar-refractivity contribution < 1.29 is 8.42 Å². The zero-order valence-corrected chi connectivity index (χ0v) is 11.0. The molecule has 5 nitrogen and oxygen atoms in total. The number of rotatable bonds is 2. The van der Waals surface area contributed by atoms with E-state index in [-0.39, 0.29) is 5.54 Å². The molecule has 2 saturated heterocycles. The number of piperidine rings is 1. The number of nitrogens with zero attached hydrogens (tertiary/aromatic N) is 3. The van der Waals surface area contributed by atoms with E-state index < -0.39 is 10.0 Å². The van der Waals surface area contributed by atoms with Crippen LogP contribution in [0.2, 0.25) is 0 Å². The summed E-state index contributed by atoms with van der Waals surface area (Å²) in [5, 5.41) is 8.84. The minimum Gasteiger partial charge on any atom is -0.283 e. The van der Waals surface area contributed by atoms with Crippen molar-refractivity contribution in [2.75, 3.05) is 32.4 Å². The van der Waals surface area contributed by atoms with Gasteiger partial charge in [-0.15, -0.1) is 0 Å². The lowest BCUT2D eigenvalue weighted by Crippen LogP contribution is -2.56. The van der Waals surface area contributed by atoms with Crippen LogP contribution >= 0.6 is 0 Å². The molecule has 0 unspecified atom stereocenters. The van der Waals surface area contributed by atoms with E-state index in [2.05, 4.69) is 11.0 Å². The molecule has 0 aromatic heterocycles. The van der Waals surface area contributed by atoms with Crippen molar-refractivity contribution in [3.8, 4) is 6.07 Å². The first-order valence-electron chi connectivity index (χ1n) is 6.05. The number of hydrogen-bond acceptors (Lipinski definition) is 4. The summed E-state index contributed by atoms with van der Waals surface area (Å²) < 4.78 is 24.8. The van der Waals surface area contributed by atoms with Crippen LogP contribution in [0, 0.1) is 11.3 Å². The Labute approximate surface area is 103 Å². The Bertz CT molecular complexity index is 428. The summed E-state index contributed by atoms with van der Waals surface area (Å²) in [5.41, 5.74) is -0.0724. The van der Waals surface area contributed by atoms with E-state index in [4.69, 9.17) is 5.26 Å². The summed E-state index contributed by atoms with van der Waals surface area (Å²) in [6.45, 7) is 2.53. The van der Waals surface area contributed by atoms with Gasteiger partial charge in [0.2, 0.25) is 10.0 Å². The maximum Gasteiger partial charge on any atom is 0.211 e. The van der Waals surface area contributed by atoms with Gasteiger partial charge in [-0.3, -0.25) is 4.90 Å². The Morgan fingerprint density at radius 2 is 1.94 bits per heavy atom. The molecule has 0 saturated carbocycles. The molecule has 0 bridgehead atoms. The zero-order valence-electron chi connectivity index (χ0n) is 10.2. The average molecular weight is 257 g/mol. The standard InChI is InChI=1S/C11H19N3O2S/c1-17(15,16)14-8-3-5-11(10-14)4-2-7-13(11)9-6-12/h2-5,7-10H2,1H3/t11-/m1/s1. The third-order valence-corrected chi connectivity index (χ3v) is 5.24. The molecule has 2 rings (SSSR count). The van der Waals surface area contributed by atoms with Gasteiger partial charge in [0.25, 0.3) is 0 Å². The van der Waals surface area contributed by atoms with Gasteiger partial charge in [0.15, 0.2) is 0 Å². The predicted molar refractivity (Wildman–Crippen MR) is 64.8 cm³/mol. The van der Waals surface area contributed by atoms with Gasteiger partial charge in [-0.25, -0.2) is 12.7 Å². The second-order valence-electron chi connectivity index (χ2n) is 5.11. The minimum atomic E-state index is -3.10. The number of likely N-dealkylation sites (tertiary alicyclic amines) is 1. The fraction of sp³-hybridized carbons (Fsp3) is 0.909. The SMILES string of the molecule is CS(=O)(=O)N1CCC[C@]2(CCCN2CC#N)C1. The van der Waals surface area contributed by atoms with Crippen molar-refractivity contribution in [1.82, 2.24) is 9.21 Å². The summed E-state index contributed by atoms with van der Waals surface area (Å²) in [7, 11) is -3.10. The van der Waals surface area contributed by atoms with E-state index in [1.807, 2.05) is 0 Å². The minimum absolute atomic E-state index is 0.0724. The fourth-order valence-electron chi connectivity index (χ4n) is 3.14. The van der Waals surface area contributed by atoms with Crippen LogP contribution in [-0.2, 0) is 10.0 Å². The number of nitriles is 1. The molecular weight excluding hydrogens is 238 g/mol. The highest BCUT2D eigenvalue weighted by atomic mass is 32.2. The van der Waals surface area contributed by atoms with Crippen LogP contribution in [0.4, 0.5) is 0 Å². The fourth-order valence-corrected chi connectivity index (χ4v) is 4.08. The Kier molecular flexibility index (Phi) is 3.43. The van der Waals surface area contributed by atoms with Crippen LogP contribution in [0.1, 0.15) is 25.7 Å². The van der Waals surface area contributed by atoms with Crippen molar-refractivity contribution in [3.63, 3.8) is 0 Å². The van der Waals surface area contributed by atoms with E-state index >= 15 is 0 Å². The van der Waals surface area contributed by atoms with Crippen molar-refractivity contribution in [1.29, 1.82) is 5.26 Å². The third-order valence-electron chi connectivity index (χ3n) is 3.99. The smallest absolute Gasteiger partial charge is 0.211 e. The molecule has 0 aromatic rings. The number of hydrogen-bond donors (Lipinski definition) is 0. The van der Waals surface area contributed by atoms with Crippen molar-refractivity contribution >= 4 is 10.0 Å². The summed E-state index contributed by atoms with van der Waals surface area (Å²) in [6.07, 6.45) is 5.27. The largest absolute Gasteiger partial charge is 0.283 e. The average Bonchev–Trinajstić information content (AvgIpc) is 2.61. The molecule has 0 radical (unpaired) electrons. The van der Waals surface area contributed by atoms with Crippen molar-refractivity contribution in [2.24, 2.45) is 0 Å². The quantitative estimate of drug-likeness (QED) is 0.672. The summed E-state index contributed by atoms with van der Waals surface area (Å²) in [4.78, 5) is 2.17. The summed E-state index contributed by atoms with van der Waals surface area (Å²) in [6, 6.07) is 2.19. The van der Waals surface area contributed by atoms with E-state index in [9.17, 15) is 8.42 Å². The molecule has 0 aliphatic carbocycles. The van der Waals surface area contributed by atoms with Crippen LogP contribution in [0.15, 0.2) is 0 Å². The lowest BCUT2D eigenvalue weighted by molar-refractivity contribution is 0.0857. The Hall–Kier alpha value is -0.640. The highest BCUT2D eigenvalue weighted by molar-refractivity contribution is 7.88. The van der Waals surface area contributed by atoms with Gasteiger partial charge in [0.1, 0.15) is 0 Å². The molecule has 0 aromatic carbocycles. The van der Waals surface area contributed by atoms with E-state index in [1.165, 1.54) is 6.26 Å². The molecule has 2 fully saturated rings. The first-order valence-corrected chi connectivity index (χ1v) is 7.90. The highest BCUT2D eigenvalue weighted by Gasteiger charge is 2.45. The van der Waals surface area contributed by atoms with Crippen LogP contribution in [-0.4, -0.2) is 55.6 Å². The second-order valence-corrected chi connectivity index (χ2v) is 7.09. The first-order chi connectivity index (χ1) is 7.98. The van der Waals surface area contributed by atoms with Gasteiger partial charge in [-0.2, -0.15) is 5.26 Å². The van der Waals surface area contributed by atoms with Gasteiger partial charge in [-0.1, -0.05) is 0 Å². The predicted octanol–water partition coefficient (Wildman–Crippen LogP) is 0.400. The molecule has 96 valence electrons. The van der Waals surface area contributed by atoms with Crippen molar-refractivity contribution in [3.05, 3.63) is 0 Å². The third kappa shape index (κ3) is 2.46. The van der Waals surface area contributed by atoms with Gasteiger partial charge < -0.3 is 0 Å². The molecule has 2 heterocycles. The Morgan fingerprint density at radius 1 is 1.29 bits per heavy atom. The summed E-state index contributed by atoms with van der Waals surface area (Å²) in [5.74, 6) is 0. The molecule has 1 atom stereocenters. The van der Waals surface area contributed by atoms with Crippen LogP contribution in [0.5, 0.6) is 0 Å². The lowest BCUT2D eigenvalue weighted by atomic mass is 9.87. The molecular formula is C11H19N3O2S. The van der Waals surface area contributed by atoms with Gasteiger partial charge in [0, 0.05) is 18.6 Å². The second kappa shape index (κ2) is 4.56. The zero-order chi connectivity index (χ0) is 12.5. The maximum absolute atomic E-state index is 11.6. The summed E-state index contributed by atoms with van der Waals surface area (Å²) >= 11 is 0. The topological polar surface area (TPSA) is 64.4 Å². The first kappa shape index (κ1) is 12.8. The normalized spacial score (nSPS) is 31.8. The van der Waals surface area contributed by atoms with E-state index in [1.54, 1.807) is 4.31 Å². The van der Waals surface area contributed by atoms with Crippen molar-refractivity contribution in [2.45, 2.75) is 31.2 Å². The lowest BCUT2D eigenvalue weighted by Gasteiger charge is -2.44. The molecule has 2 aliphatic rings. The van der Waals surface area contributed by atoms with Gasteiger partial charge >= 0.3 is 0 Å². The molecule has 2 aliphatic heterocycles. The maximum atomic E-state index is 11.6. The van der Waals surface area contributed by atoms with E-state index in [0.717, 1.165) is 32.2 Å². The Balaban J connectivity index is 2.18. The van der Waals surface area contributed by atoms with E-state index in [0.29, 0.717) is 19.6 Å². The molecule has 17 heavy (non-hydrogen) atoms. The molecule has 6 heteroatoms. The van der Waals surface area contributed by atoms with Gasteiger partial charge in [-0.05, 0) is 32.2 Å². The molecule has 1 spiro atoms. The molecule has 0 N–H and O–H groups in total. The van der Waals surface area contributed by atoms with Crippen LogP contribution < -0.4 is 0 Å². The Morgan fingerprint density at radius 3 is 2.53 bits per heavy atom. The molecule has 0 amide bonds. The highest BCUT2D eigenvalue weighted by Crippen LogP contribution is 2.37. The monoisotopic (exact) mass is 257 g/mol. The van der Waals surface area contributed by atoms with Crippen LogP contribution in [0.25, 0.3) is 0 Å². The number of sulfonamides is 1. The van der Waals surface area contributed by atoms with Crippen LogP contribution in [0.3, 0.4) is 0 Å². The van der Waals surface area contributed by atoms with Gasteiger partial charge in [0.05, 0.1) is 18.9 Å².